The molecule has 3 rings (SSSR count). The van der Waals surface area contributed by atoms with E-state index in [1.54, 1.807) is 4.52 Å². The second-order valence-electron chi connectivity index (χ2n) is 5.97. The summed E-state index contributed by atoms with van der Waals surface area (Å²) >= 11 is 0. The van der Waals surface area contributed by atoms with Crippen LogP contribution in [0.5, 0.6) is 0 Å². The summed E-state index contributed by atoms with van der Waals surface area (Å²) in [5.74, 6) is 2.16. The molecule has 0 aliphatic rings. The minimum atomic E-state index is -0.149. The topological polar surface area (TPSA) is 85.3 Å². The fourth-order valence-electron chi connectivity index (χ4n) is 2.83. The lowest BCUT2D eigenvalue weighted by Crippen LogP contribution is -2.26. The summed E-state index contributed by atoms with van der Waals surface area (Å²) < 4.78 is 7.25. The van der Waals surface area contributed by atoms with Crippen molar-refractivity contribution in [1.82, 2.24) is 24.9 Å². The predicted octanol–water partition coefficient (Wildman–Crippen LogP) is 2.45. The SMILES string of the molecule is Cc1ccc(C(C)NC(=O)CCc2c(C)nc3ncnn3c2C)o1. The molecule has 0 aliphatic carbocycles. The number of amides is 1. The second-order valence-corrected chi connectivity index (χ2v) is 5.97. The van der Waals surface area contributed by atoms with E-state index in [1.165, 1.54) is 6.33 Å². The molecule has 0 spiro atoms. The van der Waals surface area contributed by atoms with Crippen molar-refractivity contribution in [2.75, 3.05) is 0 Å². The van der Waals surface area contributed by atoms with Gasteiger partial charge in [-0.25, -0.2) is 9.50 Å². The summed E-state index contributed by atoms with van der Waals surface area (Å²) in [5, 5.41) is 7.13. The van der Waals surface area contributed by atoms with Gasteiger partial charge in [0.15, 0.2) is 0 Å². The number of aryl methyl sites for hydroxylation is 3. The van der Waals surface area contributed by atoms with Crippen molar-refractivity contribution >= 4 is 11.7 Å². The van der Waals surface area contributed by atoms with Crippen LogP contribution >= 0.6 is 0 Å². The van der Waals surface area contributed by atoms with Crippen LogP contribution in [0.25, 0.3) is 5.78 Å². The third-order valence-corrected chi connectivity index (χ3v) is 4.16. The molecule has 1 unspecified atom stereocenters. The van der Waals surface area contributed by atoms with E-state index in [-0.39, 0.29) is 11.9 Å². The molecule has 0 saturated carbocycles. The average Bonchev–Trinajstić information content (AvgIpc) is 3.15. The standard InChI is InChI=1S/C17H21N5O2/c1-10-5-7-15(24-10)12(3)20-16(23)8-6-14-11(2)21-17-18-9-19-22(17)13(14)4/h5,7,9,12H,6,8H2,1-4H3,(H,20,23). The number of nitrogens with zero attached hydrogens (tertiary/aromatic N) is 4. The molecule has 7 nitrogen and oxygen atoms in total. The van der Waals surface area contributed by atoms with E-state index >= 15 is 0 Å². The lowest BCUT2D eigenvalue weighted by atomic mass is 10.1. The van der Waals surface area contributed by atoms with E-state index in [4.69, 9.17) is 4.42 Å². The van der Waals surface area contributed by atoms with Crippen molar-refractivity contribution < 1.29 is 9.21 Å². The molecule has 7 heteroatoms. The molecule has 0 aromatic carbocycles. The lowest BCUT2D eigenvalue weighted by molar-refractivity contribution is -0.121. The van der Waals surface area contributed by atoms with Crippen molar-refractivity contribution in [2.24, 2.45) is 0 Å². The van der Waals surface area contributed by atoms with Gasteiger partial charge >= 0.3 is 0 Å². The number of carbonyl (C=O) groups excluding carboxylic acids is 1. The molecule has 1 amide bonds. The monoisotopic (exact) mass is 327 g/mol. The number of aromatic nitrogens is 4. The third kappa shape index (κ3) is 3.15. The number of furan rings is 1. The van der Waals surface area contributed by atoms with E-state index in [1.807, 2.05) is 39.8 Å². The van der Waals surface area contributed by atoms with Gasteiger partial charge in [-0.05, 0) is 51.8 Å². The van der Waals surface area contributed by atoms with Crippen LogP contribution < -0.4 is 5.32 Å². The first-order valence-corrected chi connectivity index (χ1v) is 7.97. The Balaban J connectivity index is 1.66. The van der Waals surface area contributed by atoms with Gasteiger partial charge in [-0.15, -0.1) is 0 Å². The van der Waals surface area contributed by atoms with Crippen LogP contribution in [0.2, 0.25) is 0 Å². The smallest absolute Gasteiger partial charge is 0.252 e. The minimum Gasteiger partial charge on any atom is -0.464 e. The van der Waals surface area contributed by atoms with E-state index in [9.17, 15) is 4.79 Å². The molecule has 0 bridgehead atoms. The molecular formula is C17H21N5O2. The zero-order valence-corrected chi connectivity index (χ0v) is 14.3. The largest absolute Gasteiger partial charge is 0.464 e. The summed E-state index contributed by atoms with van der Waals surface area (Å²) in [6, 6.07) is 3.63. The van der Waals surface area contributed by atoms with Gasteiger partial charge < -0.3 is 9.73 Å². The van der Waals surface area contributed by atoms with E-state index < -0.39 is 0 Å². The van der Waals surface area contributed by atoms with Gasteiger partial charge in [0.2, 0.25) is 5.91 Å². The van der Waals surface area contributed by atoms with Crippen molar-refractivity contribution in [3.05, 3.63) is 46.9 Å². The summed E-state index contributed by atoms with van der Waals surface area (Å²) in [4.78, 5) is 20.8. The Morgan fingerprint density at radius 1 is 1.33 bits per heavy atom. The van der Waals surface area contributed by atoms with Crippen LogP contribution in [0.1, 0.15) is 47.9 Å². The number of nitrogens with one attached hydrogen (secondary N) is 1. The van der Waals surface area contributed by atoms with Gasteiger partial charge in [0.05, 0.1) is 6.04 Å². The fraction of sp³-hybridized carbons (Fsp3) is 0.412. The molecular weight excluding hydrogens is 306 g/mol. The second kappa shape index (κ2) is 6.43. The van der Waals surface area contributed by atoms with E-state index in [2.05, 4.69) is 20.4 Å². The predicted molar refractivity (Wildman–Crippen MR) is 88.6 cm³/mol. The maximum atomic E-state index is 12.2. The first-order valence-electron chi connectivity index (χ1n) is 7.97. The molecule has 0 saturated heterocycles. The molecule has 24 heavy (non-hydrogen) atoms. The van der Waals surface area contributed by atoms with Crippen molar-refractivity contribution in [2.45, 2.75) is 46.6 Å². The molecule has 3 heterocycles. The number of carbonyl (C=O) groups is 1. The first kappa shape index (κ1) is 16.2. The summed E-state index contributed by atoms with van der Waals surface area (Å²) in [6.07, 6.45) is 2.47. The molecule has 0 fully saturated rings. The quantitative estimate of drug-likeness (QED) is 0.778. The highest BCUT2D eigenvalue weighted by molar-refractivity contribution is 5.76. The van der Waals surface area contributed by atoms with Crippen LogP contribution in [-0.2, 0) is 11.2 Å². The molecule has 3 aromatic heterocycles. The third-order valence-electron chi connectivity index (χ3n) is 4.16. The Kier molecular flexibility index (Phi) is 4.33. The Morgan fingerprint density at radius 3 is 2.83 bits per heavy atom. The van der Waals surface area contributed by atoms with Gasteiger partial charge in [-0.3, -0.25) is 4.79 Å². The highest BCUT2D eigenvalue weighted by Gasteiger charge is 2.15. The van der Waals surface area contributed by atoms with Crippen molar-refractivity contribution in [3.8, 4) is 0 Å². The van der Waals surface area contributed by atoms with Gasteiger partial charge in [-0.1, -0.05) is 0 Å². The van der Waals surface area contributed by atoms with Gasteiger partial charge in [0.1, 0.15) is 17.8 Å². The van der Waals surface area contributed by atoms with Crippen LogP contribution in [0, 0.1) is 20.8 Å². The maximum Gasteiger partial charge on any atom is 0.252 e. The van der Waals surface area contributed by atoms with Crippen molar-refractivity contribution in [3.63, 3.8) is 0 Å². The fourth-order valence-corrected chi connectivity index (χ4v) is 2.83. The van der Waals surface area contributed by atoms with Crippen LogP contribution in [0.3, 0.4) is 0 Å². The highest BCUT2D eigenvalue weighted by atomic mass is 16.3. The summed E-state index contributed by atoms with van der Waals surface area (Å²) in [7, 11) is 0. The van der Waals surface area contributed by atoms with Crippen molar-refractivity contribution in [1.29, 1.82) is 0 Å². The normalized spacial score (nSPS) is 12.5. The van der Waals surface area contributed by atoms with Crippen LogP contribution in [0.4, 0.5) is 0 Å². The lowest BCUT2D eigenvalue weighted by Gasteiger charge is -2.13. The maximum absolute atomic E-state index is 12.2. The first-order chi connectivity index (χ1) is 11.5. The van der Waals surface area contributed by atoms with Gasteiger partial charge in [0, 0.05) is 17.8 Å². The summed E-state index contributed by atoms with van der Waals surface area (Å²) in [6.45, 7) is 7.70. The van der Waals surface area contributed by atoms with Crippen LogP contribution in [0.15, 0.2) is 22.9 Å². The average molecular weight is 327 g/mol. The Bertz CT molecular complexity index is 880. The van der Waals surface area contributed by atoms with E-state index in [0.29, 0.717) is 18.6 Å². The van der Waals surface area contributed by atoms with Crippen LogP contribution in [-0.4, -0.2) is 25.5 Å². The zero-order valence-electron chi connectivity index (χ0n) is 14.3. The number of rotatable bonds is 5. The molecule has 3 aromatic rings. The van der Waals surface area contributed by atoms with Gasteiger partial charge in [0.25, 0.3) is 5.78 Å². The molecule has 126 valence electrons. The van der Waals surface area contributed by atoms with E-state index in [0.717, 1.165) is 28.5 Å². The Morgan fingerprint density at radius 2 is 2.12 bits per heavy atom. The number of fused-ring (bicyclic) bond motifs is 1. The Labute approximate surface area is 140 Å². The molecule has 1 N–H and O–H groups in total. The minimum absolute atomic E-state index is 0.0194. The van der Waals surface area contributed by atoms with Gasteiger partial charge in [-0.2, -0.15) is 10.1 Å². The summed E-state index contributed by atoms with van der Waals surface area (Å²) in [5.41, 5.74) is 2.89. The number of hydrogen-bond acceptors (Lipinski definition) is 5. The molecule has 0 radical (unpaired) electrons. The zero-order chi connectivity index (χ0) is 17.3. The molecule has 1 atom stereocenters. The highest BCUT2D eigenvalue weighted by Crippen LogP contribution is 2.17. The Hall–Kier alpha value is -2.70. The molecule has 0 aliphatic heterocycles. The number of hydrogen-bond donors (Lipinski definition) is 1.